The molecule has 2 nitrogen and oxygen atoms in total. The van der Waals surface area contributed by atoms with E-state index in [1.165, 1.54) is 24.9 Å². The van der Waals surface area contributed by atoms with Gasteiger partial charge in [0.15, 0.2) is 0 Å². The minimum atomic E-state index is 0.00610. The molecule has 3 heteroatoms. The summed E-state index contributed by atoms with van der Waals surface area (Å²) >= 11 is 6.16. The smallest absolute Gasteiger partial charge is 0.0696 e. The molecule has 100 valence electrons. The van der Waals surface area contributed by atoms with Gasteiger partial charge in [-0.2, -0.15) is 0 Å². The van der Waals surface area contributed by atoms with Crippen molar-refractivity contribution in [3.8, 4) is 0 Å². The summed E-state index contributed by atoms with van der Waals surface area (Å²) < 4.78 is 0. The van der Waals surface area contributed by atoms with E-state index in [4.69, 9.17) is 16.7 Å². The normalized spacial score (nSPS) is 19.7. The zero-order valence-corrected chi connectivity index (χ0v) is 12.0. The SMILES string of the molecule is CC1(C)CCCN(c2ccc(CO)c(Cl)c2)CC1. The fraction of sp³-hybridized carbons (Fsp3) is 0.600. The van der Waals surface area contributed by atoms with E-state index in [1.54, 1.807) is 0 Å². The zero-order chi connectivity index (χ0) is 13.2. The van der Waals surface area contributed by atoms with Crippen LogP contribution in [-0.4, -0.2) is 18.2 Å². The summed E-state index contributed by atoms with van der Waals surface area (Å²) in [5.41, 5.74) is 2.43. The molecule has 0 aromatic heterocycles. The Morgan fingerprint density at radius 1 is 1.28 bits per heavy atom. The summed E-state index contributed by atoms with van der Waals surface area (Å²) in [7, 11) is 0. The van der Waals surface area contributed by atoms with Crippen LogP contribution in [0.15, 0.2) is 18.2 Å². The van der Waals surface area contributed by atoms with E-state index in [1.807, 2.05) is 12.1 Å². The van der Waals surface area contributed by atoms with E-state index in [0.717, 1.165) is 18.7 Å². The average Bonchev–Trinajstić information content (AvgIpc) is 2.50. The average molecular weight is 268 g/mol. The summed E-state index contributed by atoms with van der Waals surface area (Å²) in [5, 5.41) is 9.80. The highest BCUT2D eigenvalue weighted by molar-refractivity contribution is 6.31. The first kappa shape index (κ1) is 13.7. The largest absolute Gasteiger partial charge is 0.392 e. The summed E-state index contributed by atoms with van der Waals surface area (Å²) in [6, 6.07) is 5.97. The van der Waals surface area contributed by atoms with Crippen LogP contribution in [0.2, 0.25) is 5.02 Å². The number of hydrogen-bond donors (Lipinski definition) is 1. The van der Waals surface area contributed by atoms with Gasteiger partial charge in [0.1, 0.15) is 0 Å². The third-order valence-corrected chi connectivity index (χ3v) is 4.26. The molecule has 0 spiro atoms. The minimum absolute atomic E-state index is 0.00610. The first-order chi connectivity index (χ1) is 8.52. The molecule has 0 saturated carbocycles. The predicted octanol–water partition coefficient (Wildman–Crippen LogP) is 3.85. The highest BCUT2D eigenvalue weighted by Gasteiger charge is 2.23. The van der Waals surface area contributed by atoms with Crippen LogP contribution in [0.1, 0.15) is 38.7 Å². The Bertz CT molecular complexity index is 417. The topological polar surface area (TPSA) is 23.5 Å². The highest BCUT2D eigenvalue weighted by Crippen LogP contribution is 2.32. The Morgan fingerprint density at radius 2 is 2.06 bits per heavy atom. The number of anilines is 1. The number of rotatable bonds is 2. The van der Waals surface area contributed by atoms with E-state index in [-0.39, 0.29) is 6.61 Å². The molecule has 18 heavy (non-hydrogen) atoms. The summed E-state index contributed by atoms with van der Waals surface area (Å²) in [4.78, 5) is 2.40. The van der Waals surface area contributed by atoms with Crippen molar-refractivity contribution in [3.63, 3.8) is 0 Å². The maximum atomic E-state index is 9.14. The maximum absolute atomic E-state index is 9.14. The fourth-order valence-electron chi connectivity index (χ4n) is 2.54. The maximum Gasteiger partial charge on any atom is 0.0696 e. The molecule has 0 amide bonds. The molecule has 1 aromatic carbocycles. The molecule has 1 heterocycles. The fourth-order valence-corrected chi connectivity index (χ4v) is 2.78. The van der Waals surface area contributed by atoms with Crippen LogP contribution in [0.3, 0.4) is 0 Å². The van der Waals surface area contributed by atoms with Crippen molar-refractivity contribution in [1.29, 1.82) is 0 Å². The number of aliphatic hydroxyl groups is 1. The van der Waals surface area contributed by atoms with E-state index < -0.39 is 0 Å². The Kier molecular flexibility index (Phi) is 4.18. The molecular formula is C15H22ClNO. The molecule has 0 radical (unpaired) electrons. The molecule has 1 saturated heterocycles. The lowest BCUT2D eigenvalue weighted by Gasteiger charge is -2.25. The second kappa shape index (κ2) is 5.50. The van der Waals surface area contributed by atoms with Gasteiger partial charge in [0.25, 0.3) is 0 Å². The molecule has 1 N–H and O–H groups in total. The molecule has 0 bridgehead atoms. The third-order valence-electron chi connectivity index (χ3n) is 3.91. The van der Waals surface area contributed by atoms with Gasteiger partial charge in [-0.3, -0.25) is 0 Å². The minimum Gasteiger partial charge on any atom is -0.392 e. The second-order valence-electron chi connectivity index (χ2n) is 5.94. The Labute approximate surface area is 115 Å². The van der Waals surface area contributed by atoms with Crippen molar-refractivity contribution in [1.82, 2.24) is 0 Å². The monoisotopic (exact) mass is 267 g/mol. The van der Waals surface area contributed by atoms with Gasteiger partial charge in [0.05, 0.1) is 6.61 Å². The van der Waals surface area contributed by atoms with Gasteiger partial charge in [-0.25, -0.2) is 0 Å². The van der Waals surface area contributed by atoms with Crippen molar-refractivity contribution in [2.75, 3.05) is 18.0 Å². The van der Waals surface area contributed by atoms with Crippen LogP contribution in [-0.2, 0) is 6.61 Å². The van der Waals surface area contributed by atoms with Crippen LogP contribution in [0.4, 0.5) is 5.69 Å². The van der Waals surface area contributed by atoms with Crippen LogP contribution < -0.4 is 4.90 Å². The van der Waals surface area contributed by atoms with Gasteiger partial charge in [-0.15, -0.1) is 0 Å². The molecule has 1 aliphatic heterocycles. The van der Waals surface area contributed by atoms with Gasteiger partial charge in [0.2, 0.25) is 0 Å². The van der Waals surface area contributed by atoms with Crippen LogP contribution in [0.25, 0.3) is 0 Å². The Hall–Kier alpha value is -0.730. The highest BCUT2D eigenvalue weighted by atomic mass is 35.5. The number of halogens is 1. The first-order valence-corrected chi connectivity index (χ1v) is 7.04. The lowest BCUT2D eigenvalue weighted by atomic mass is 9.85. The van der Waals surface area contributed by atoms with E-state index in [9.17, 15) is 0 Å². The molecule has 1 aromatic rings. The van der Waals surface area contributed by atoms with E-state index >= 15 is 0 Å². The van der Waals surface area contributed by atoms with Crippen LogP contribution >= 0.6 is 11.6 Å². The van der Waals surface area contributed by atoms with Crippen molar-refractivity contribution < 1.29 is 5.11 Å². The lowest BCUT2D eigenvalue weighted by molar-refractivity contribution is 0.282. The number of benzene rings is 1. The molecule has 1 aliphatic rings. The molecule has 1 fully saturated rings. The quantitative estimate of drug-likeness (QED) is 0.880. The van der Waals surface area contributed by atoms with Gasteiger partial charge in [-0.05, 0) is 42.4 Å². The van der Waals surface area contributed by atoms with E-state index in [0.29, 0.717) is 10.4 Å². The van der Waals surface area contributed by atoms with Gasteiger partial charge in [0, 0.05) is 23.8 Å². The van der Waals surface area contributed by atoms with Crippen molar-refractivity contribution in [3.05, 3.63) is 28.8 Å². The molecular weight excluding hydrogens is 246 g/mol. The van der Waals surface area contributed by atoms with Gasteiger partial charge < -0.3 is 10.0 Å². The number of hydrogen-bond acceptors (Lipinski definition) is 2. The van der Waals surface area contributed by atoms with Crippen LogP contribution in [0, 0.1) is 5.41 Å². The van der Waals surface area contributed by atoms with E-state index in [2.05, 4.69) is 24.8 Å². The lowest BCUT2D eigenvalue weighted by Crippen LogP contribution is -2.25. The van der Waals surface area contributed by atoms with Gasteiger partial charge in [-0.1, -0.05) is 31.5 Å². The number of nitrogens with zero attached hydrogens (tertiary/aromatic N) is 1. The predicted molar refractivity (Wildman–Crippen MR) is 77.2 cm³/mol. The second-order valence-corrected chi connectivity index (χ2v) is 6.35. The van der Waals surface area contributed by atoms with Crippen molar-refractivity contribution in [2.45, 2.75) is 39.7 Å². The Balaban J connectivity index is 2.14. The Morgan fingerprint density at radius 3 is 2.72 bits per heavy atom. The standard InChI is InChI=1S/C15H22ClNO/c1-15(2)6-3-8-17(9-7-15)13-5-4-12(11-18)14(16)10-13/h4-5,10,18H,3,6-9,11H2,1-2H3. The zero-order valence-electron chi connectivity index (χ0n) is 11.2. The summed E-state index contributed by atoms with van der Waals surface area (Å²) in [5.74, 6) is 0. The molecule has 0 atom stereocenters. The molecule has 2 rings (SSSR count). The first-order valence-electron chi connectivity index (χ1n) is 6.66. The molecule has 0 unspecified atom stereocenters. The van der Waals surface area contributed by atoms with Crippen LogP contribution in [0.5, 0.6) is 0 Å². The van der Waals surface area contributed by atoms with Crippen molar-refractivity contribution >= 4 is 17.3 Å². The third kappa shape index (κ3) is 3.18. The summed E-state index contributed by atoms with van der Waals surface area (Å²) in [6.07, 6.45) is 3.73. The molecule has 0 aliphatic carbocycles. The summed E-state index contributed by atoms with van der Waals surface area (Å²) in [6.45, 7) is 6.88. The van der Waals surface area contributed by atoms with Gasteiger partial charge >= 0.3 is 0 Å². The number of aliphatic hydroxyl groups excluding tert-OH is 1. The van der Waals surface area contributed by atoms with Crippen molar-refractivity contribution in [2.24, 2.45) is 5.41 Å².